The minimum atomic E-state index is -1.78. The third kappa shape index (κ3) is 1.94. The zero-order chi connectivity index (χ0) is 12.5. The van der Waals surface area contributed by atoms with Gasteiger partial charge in [-0.05, 0) is 13.0 Å². The van der Waals surface area contributed by atoms with Crippen molar-refractivity contribution in [3.8, 4) is 0 Å². The number of nitrogens with two attached hydrogens (primary N) is 2. The van der Waals surface area contributed by atoms with Crippen LogP contribution in [-0.4, -0.2) is 27.1 Å². The van der Waals surface area contributed by atoms with Crippen molar-refractivity contribution >= 4 is 17.8 Å². The highest BCUT2D eigenvalue weighted by atomic mass is 16.4. The SMILES string of the molecule is CC(N)(C(=O)O)c1cc(C(=O)O)cnc1N. The largest absolute Gasteiger partial charge is 0.480 e. The maximum atomic E-state index is 10.9. The first-order valence-electron chi connectivity index (χ1n) is 4.28. The van der Waals surface area contributed by atoms with Crippen molar-refractivity contribution in [3.63, 3.8) is 0 Å². The highest BCUT2D eigenvalue weighted by Gasteiger charge is 2.33. The molecule has 1 heterocycles. The van der Waals surface area contributed by atoms with Crippen molar-refractivity contribution < 1.29 is 19.8 Å². The number of pyridine rings is 1. The van der Waals surface area contributed by atoms with Crippen LogP contribution in [0.25, 0.3) is 0 Å². The first-order chi connectivity index (χ1) is 7.26. The van der Waals surface area contributed by atoms with Crippen molar-refractivity contribution in [1.29, 1.82) is 0 Å². The van der Waals surface area contributed by atoms with Crippen LogP contribution in [0.4, 0.5) is 5.82 Å². The molecule has 0 aliphatic rings. The van der Waals surface area contributed by atoms with E-state index in [1.54, 1.807) is 0 Å². The van der Waals surface area contributed by atoms with E-state index in [4.69, 9.17) is 21.7 Å². The lowest BCUT2D eigenvalue weighted by Gasteiger charge is -2.21. The average molecular weight is 225 g/mol. The van der Waals surface area contributed by atoms with E-state index < -0.39 is 17.5 Å². The van der Waals surface area contributed by atoms with Crippen LogP contribution in [0.3, 0.4) is 0 Å². The number of rotatable bonds is 3. The summed E-state index contributed by atoms with van der Waals surface area (Å²) < 4.78 is 0. The van der Waals surface area contributed by atoms with E-state index in [-0.39, 0.29) is 16.9 Å². The summed E-state index contributed by atoms with van der Waals surface area (Å²) in [6.45, 7) is 1.22. The Morgan fingerprint density at radius 2 is 2.00 bits per heavy atom. The van der Waals surface area contributed by atoms with E-state index in [2.05, 4.69) is 4.98 Å². The summed E-state index contributed by atoms with van der Waals surface area (Å²) in [5.41, 5.74) is 9.04. The van der Waals surface area contributed by atoms with Crippen LogP contribution >= 0.6 is 0 Å². The number of carboxylic acid groups (broad SMARTS) is 2. The summed E-state index contributed by atoms with van der Waals surface area (Å²) in [6, 6.07) is 1.11. The van der Waals surface area contributed by atoms with Crippen LogP contribution in [-0.2, 0) is 10.3 Å². The number of nitrogen functional groups attached to an aromatic ring is 1. The lowest BCUT2D eigenvalue weighted by molar-refractivity contribution is -0.143. The fourth-order valence-corrected chi connectivity index (χ4v) is 1.12. The summed E-state index contributed by atoms with van der Waals surface area (Å²) in [7, 11) is 0. The number of carboxylic acids is 2. The molecule has 7 nitrogen and oxygen atoms in total. The van der Waals surface area contributed by atoms with Crippen LogP contribution in [0.15, 0.2) is 12.3 Å². The van der Waals surface area contributed by atoms with E-state index in [1.165, 1.54) is 6.92 Å². The molecule has 0 radical (unpaired) electrons. The van der Waals surface area contributed by atoms with Crippen LogP contribution in [0.5, 0.6) is 0 Å². The molecule has 0 aliphatic heterocycles. The standard InChI is InChI=1S/C9H11N3O4/c1-9(11,8(15)16)5-2-4(7(13)14)3-12-6(5)10/h2-3H,11H2,1H3,(H2,10,12)(H,13,14)(H,15,16). The van der Waals surface area contributed by atoms with E-state index in [9.17, 15) is 9.59 Å². The predicted molar refractivity (Wildman–Crippen MR) is 54.8 cm³/mol. The van der Waals surface area contributed by atoms with Gasteiger partial charge < -0.3 is 21.7 Å². The second-order valence-electron chi connectivity index (χ2n) is 3.47. The Morgan fingerprint density at radius 3 is 2.44 bits per heavy atom. The zero-order valence-corrected chi connectivity index (χ0v) is 8.47. The minimum absolute atomic E-state index is 0.0279. The van der Waals surface area contributed by atoms with Gasteiger partial charge in [-0.3, -0.25) is 0 Å². The molecule has 0 aromatic carbocycles. The monoisotopic (exact) mass is 225 g/mol. The molecule has 16 heavy (non-hydrogen) atoms. The molecule has 1 rings (SSSR count). The normalized spacial score (nSPS) is 14.1. The first-order valence-corrected chi connectivity index (χ1v) is 4.28. The average Bonchev–Trinajstić information content (AvgIpc) is 2.17. The molecule has 0 spiro atoms. The van der Waals surface area contributed by atoms with Gasteiger partial charge in [0.1, 0.15) is 11.4 Å². The predicted octanol–water partition coefficient (Wildman–Crippen LogP) is -0.379. The van der Waals surface area contributed by atoms with Gasteiger partial charge >= 0.3 is 11.9 Å². The fourth-order valence-electron chi connectivity index (χ4n) is 1.12. The molecule has 0 saturated heterocycles. The molecule has 0 saturated carbocycles. The number of nitrogens with zero attached hydrogens (tertiary/aromatic N) is 1. The van der Waals surface area contributed by atoms with Crippen molar-refractivity contribution in [3.05, 3.63) is 23.4 Å². The minimum Gasteiger partial charge on any atom is -0.480 e. The van der Waals surface area contributed by atoms with Crippen LogP contribution in [0.2, 0.25) is 0 Å². The van der Waals surface area contributed by atoms with E-state index in [0.29, 0.717) is 0 Å². The molecule has 6 N–H and O–H groups in total. The number of anilines is 1. The maximum absolute atomic E-state index is 10.9. The molecule has 1 aromatic rings. The number of aromatic carboxylic acids is 1. The molecule has 86 valence electrons. The molecule has 1 aromatic heterocycles. The first kappa shape index (κ1) is 11.9. The quantitative estimate of drug-likeness (QED) is 0.549. The smallest absolute Gasteiger partial charge is 0.337 e. The Hall–Kier alpha value is -2.15. The fraction of sp³-hybridized carbons (Fsp3) is 0.222. The molecule has 1 atom stereocenters. The van der Waals surface area contributed by atoms with Gasteiger partial charge in [0.25, 0.3) is 0 Å². The Kier molecular flexibility index (Phi) is 2.82. The highest BCUT2D eigenvalue weighted by molar-refractivity contribution is 5.89. The zero-order valence-electron chi connectivity index (χ0n) is 8.47. The van der Waals surface area contributed by atoms with Crippen molar-refractivity contribution in [2.24, 2.45) is 5.73 Å². The van der Waals surface area contributed by atoms with Gasteiger partial charge in [0.05, 0.1) is 5.56 Å². The van der Waals surface area contributed by atoms with Gasteiger partial charge in [-0.1, -0.05) is 0 Å². The van der Waals surface area contributed by atoms with E-state index in [1.807, 2.05) is 0 Å². The molecule has 0 aliphatic carbocycles. The maximum Gasteiger partial charge on any atom is 0.337 e. The molecular formula is C9H11N3O4. The van der Waals surface area contributed by atoms with Crippen LogP contribution in [0, 0.1) is 0 Å². The number of aliphatic carboxylic acids is 1. The second-order valence-corrected chi connectivity index (χ2v) is 3.47. The molecule has 7 heteroatoms. The number of hydrogen-bond donors (Lipinski definition) is 4. The Labute approximate surface area is 90.7 Å². The molecule has 1 unspecified atom stereocenters. The molecule has 0 amide bonds. The Balaban J connectivity index is 3.38. The number of hydrogen-bond acceptors (Lipinski definition) is 5. The summed E-state index contributed by atoms with van der Waals surface area (Å²) in [6.07, 6.45) is 1.04. The van der Waals surface area contributed by atoms with Crippen molar-refractivity contribution in [2.75, 3.05) is 5.73 Å². The molecule has 0 fully saturated rings. The number of carbonyl (C=O) groups is 2. The third-order valence-corrected chi connectivity index (χ3v) is 2.17. The Bertz CT molecular complexity index is 456. The topological polar surface area (TPSA) is 140 Å². The van der Waals surface area contributed by atoms with Gasteiger partial charge in [0.15, 0.2) is 0 Å². The van der Waals surface area contributed by atoms with Gasteiger partial charge in [0, 0.05) is 11.8 Å². The Morgan fingerprint density at radius 1 is 1.44 bits per heavy atom. The lowest BCUT2D eigenvalue weighted by Crippen LogP contribution is -2.42. The number of aromatic nitrogens is 1. The van der Waals surface area contributed by atoms with Crippen LogP contribution in [0.1, 0.15) is 22.8 Å². The van der Waals surface area contributed by atoms with Gasteiger partial charge in [-0.25, -0.2) is 14.6 Å². The summed E-state index contributed by atoms with van der Waals surface area (Å²) in [4.78, 5) is 25.2. The van der Waals surface area contributed by atoms with E-state index >= 15 is 0 Å². The summed E-state index contributed by atoms with van der Waals surface area (Å²) in [5, 5.41) is 17.6. The van der Waals surface area contributed by atoms with Gasteiger partial charge in [0.2, 0.25) is 0 Å². The van der Waals surface area contributed by atoms with Crippen LogP contribution < -0.4 is 11.5 Å². The van der Waals surface area contributed by atoms with Gasteiger partial charge in [-0.2, -0.15) is 0 Å². The molecule has 0 bridgehead atoms. The highest BCUT2D eigenvalue weighted by Crippen LogP contribution is 2.23. The van der Waals surface area contributed by atoms with Gasteiger partial charge in [-0.15, -0.1) is 0 Å². The van der Waals surface area contributed by atoms with E-state index in [0.717, 1.165) is 12.3 Å². The second kappa shape index (κ2) is 3.78. The summed E-state index contributed by atoms with van der Waals surface area (Å²) in [5.74, 6) is -2.64. The van der Waals surface area contributed by atoms with Crippen molar-refractivity contribution in [2.45, 2.75) is 12.5 Å². The lowest BCUT2D eigenvalue weighted by atomic mass is 9.93. The molecular weight excluding hydrogens is 214 g/mol. The third-order valence-electron chi connectivity index (χ3n) is 2.17. The summed E-state index contributed by atoms with van der Waals surface area (Å²) >= 11 is 0. The van der Waals surface area contributed by atoms with Crippen molar-refractivity contribution in [1.82, 2.24) is 4.98 Å².